The van der Waals surface area contributed by atoms with Gasteiger partial charge in [-0.1, -0.05) is 35.9 Å². The van der Waals surface area contributed by atoms with E-state index in [-0.39, 0.29) is 48.8 Å². The van der Waals surface area contributed by atoms with Crippen molar-refractivity contribution in [2.75, 3.05) is 26.8 Å². The molecule has 1 heterocycles. The molecular formula is C35H41ClN2O6. The number of ether oxygens (including phenoxy) is 2. The van der Waals surface area contributed by atoms with E-state index in [0.29, 0.717) is 30.3 Å². The third-order valence-corrected chi connectivity index (χ3v) is 10.3. The molecule has 1 saturated carbocycles. The molecule has 44 heavy (non-hydrogen) atoms. The third-order valence-electron chi connectivity index (χ3n) is 10.1. The molecule has 2 amide bonds. The van der Waals surface area contributed by atoms with Crippen molar-refractivity contribution in [3.63, 3.8) is 0 Å². The number of carboxylic acids is 1. The summed E-state index contributed by atoms with van der Waals surface area (Å²) in [6.45, 7) is 2.04. The molecule has 6 rings (SSSR count). The van der Waals surface area contributed by atoms with Gasteiger partial charge >= 0.3 is 5.97 Å². The Bertz CT molecular complexity index is 1410. The van der Waals surface area contributed by atoms with E-state index >= 15 is 0 Å². The van der Waals surface area contributed by atoms with E-state index in [1.54, 1.807) is 7.11 Å². The molecule has 0 unspecified atom stereocenters. The van der Waals surface area contributed by atoms with Crippen molar-refractivity contribution in [2.45, 2.75) is 64.0 Å². The van der Waals surface area contributed by atoms with Gasteiger partial charge in [0.05, 0.1) is 31.4 Å². The second kappa shape index (κ2) is 13.3. The number of methoxy groups -OCH3 is 1. The van der Waals surface area contributed by atoms with Gasteiger partial charge in [0.1, 0.15) is 6.61 Å². The first-order valence-electron chi connectivity index (χ1n) is 15.9. The highest BCUT2D eigenvalue weighted by Gasteiger charge is 2.47. The summed E-state index contributed by atoms with van der Waals surface area (Å²) >= 11 is 6.31. The minimum absolute atomic E-state index is 0.0949. The minimum Gasteiger partial charge on any atom is -0.493 e. The number of aliphatic carboxylic acids is 1. The van der Waals surface area contributed by atoms with Gasteiger partial charge < -0.3 is 14.6 Å². The van der Waals surface area contributed by atoms with E-state index in [4.69, 9.17) is 21.1 Å². The predicted molar refractivity (Wildman–Crippen MR) is 167 cm³/mol. The molecule has 0 spiro atoms. The Morgan fingerprint density at radius 2 is 1.70 bits per heavy atom. The van der Waals surface area contributed by atoms with E-state index < -0.39 is 5.97 Å². The number of hydrogen-bond donors (Lipinski definition) is 1. The first-order valence-corrected chi connectivity index (χ1v) is 16.2. The van der Waals surface area contributed by atoms with Crippen LogP contribution in [0.4, 0.5) is 0 Å². The molecule has 4 aliphatic rings. The van der Waals surface area contributed by atoms with Crippen LogP contribution in [-0.2, 0) is 27.3 Å². The van der Waals surface area contributed by atoms with Crippen LogP contribution in [0.1, 0.15) is 67.7 Å². The van der Waals surface area contributed by atoms with E-state index in [0.717, 1.165) is 62.2 Å². The first-order chi connectivity index (χ1) is 21.3. The van der Waals surface area contributed by atoms with Gasteiger partial charge in [0.2, 0.25) is 11.8 Å². The summed E-state index contributed by atoms with van der Waals surface area (Å²) in [6.07, 6.45) is 10.5. The second-order valence-corrected chi connectivity index (χ2v) is 13.1. The highest BCUT2D eigenvalue weighted by molar-refractivity contribution is 6.30. The number of aryl methyl sites for hydroxylation is 1. The summed E-state index contributed by atoms with van der Waals surface area (Å²) in [5.41, 5.74) is 3.72. The Kier molecular flexibility index (Phi) is 9.29. The molecule has 3 aliphatic carbocycles. The fourth-order valence-corrected chi connectivity index (χ4v) is 7.86. The van der Waals surface area contributed by atoms with E-state index in [9.17, 15) is 19.5 Å². The molecule has 0 aromatic heterocycles. The maximum atomic E-state index is 12.8. The number of allylic oxidation sites excluding steroid dienone is 2. The Morgan fingerprint density at radius 3 is 2.39 bits per heavy atom. The van der Waals surface area contributed by atoms with Crippen LogP contribution in [0.5, 0.6) is 11.5 Å². The van der Waals surface area contributed by atoms with Gasteiger partial charge in [-0.3, -0.25) is 24.2 Å². The van der Waals surface area contributed by atoms with Crippen molar-refractivity contribution in [1.29, 1.82) is 0 Å². The zero-order valence-electron chi connectivity index (χ0n) is 25.3. The number of carbonyl (C=O) groups is 3. The van der Waals surface area contributed by atoms with Gasteiger partial charge in [-0.05, 0) is 98.2 Å². The average molecular weight is 621 g/mol. The van der Waals surface area contributed by atoms with Crippen molar-refractivity contribution in [3.8, 4) is 11.5 Å². The largest absolute Gasteiger partial charge is 0.493 e. The summed E-state index contributed by atoms with van der Waals surface area (Å²) in [5, 5.41) is 10.2. The fraction of sp³-hybridized carbons (Fsp3) is 0.514. The zero-order chi connectivity index (χ0) is 30.8. The quantitative estimate of drug-likeness (QED) is 0.241. The van der Waals surface area contributed by atoms with Crippen molar-refractivity contribution >= 4 is 29.4 Å². The van der Waals surface area contributed by atoms with E-state index in [1.807, 2.05) is 30.4 Å². The molecule has 1 aliphatic heterocycles. The number of likely N-dealkylation sites (tertiary alicyclic amines) is 1. The molecule has 9 heteroatoms. The maximum Gasteiger partial charge on any atom is 0.306 e. The van der Waals surface area contributed by atoms with Crippen LogP contribution in [0.3, 0.4) is 0 Å². The highest BCUT2D eigenvalue weighted by atomic mass is 35.5. The zero-order valence-corrected chi connectivity index (χ0v) is 26.0. The molecule has 2 aromatic rings. The molecule has 0 radical (unpaired) electrons. The van der Waals surface area contributed by atoms with Crippen LogP contribution in [0.15, 0.2) is 48.6 Å². The molecule has 0 bridgehead atoms. The number of hydrogen-bond acceptors (Lipinski definition) is 6. The Morgan fingerprint density at radius 1 is 0.977 bits per heavy atom. The van der Waals surface area contributed by atoms with Gasteiger partial charge in [0.15, 0.2) is 11.5 Å². The number of benzene rings is 2. The first kappa shape index (κ1) is 30.7. The normalized spacial score (nSPS) is 26.2. The van der Waals surface area contributed by atoms with Crippen molar-refractivity contribution in [2.24, 2.45) is 23.7 Å². The van der Waals surface area contributed by atoms with Crippen molar-refractivity contribution < 1.29 is 29.0 Å². The van der Waals surface area contributed by atoms with Crippen molar-refractivity contribution in [3.05, 3.63) is 70.3 Å². The Hall–Kier alpha value is -3.36. The van der Waals surface area contributed by atoms with Crippen LogP contribution in [0.2, 0.25) is 5.02 Å². The lowest BCUT2D eigenvalue weighted by atomic mass is 9.81. The number of amides is 2. The Balaban J connectivity index is 1.13. The fourth-order valence-electron chi connectivity index (χ4n) is 7.67. The summed E-state index contributed by atoms with van der Waals surface area (Å²) in [7, 11) is 1.62. The van der Waals surface area contributed by atoms with E-state index in [1.165, 1.54) is 16.0 Å². The van der Waals surface area contributed by atoms with Crippen LogP contribution in [0.25, 0.3) is 0 Å². The molecule has 1 saturated heterocycles. The maximum absolute atomic E-state index is 12.8. The molecule has 2 aromatic carbocycles. The monoisotopic (exact) mass is 620 g/mol. The number of nitrogens with zero attached hydrogens (tertiary/aromatic N) is 2. The molecule has 2 fully saturated rings. The Labute approximate surface area is 263 Å². The topological polar surface area (TPSA) is 96.4 Å². The lowest BCUT2D eigenvalue weighted by molar-refractivity contribution is -0.143. The lowest BCUT2D eigenvalue weighted by Gasteiger charge is -2.35. The SMILES string of the molecule is COc1cc(CN(C[C@H]2CC[C@H](C(=O)O)CC2)[C@H]2CCc3cc(Cl)ccc32)ccc1OCCN1C(=O)[C@H]2CC=CC[C@H]2C1=O. The smallest absolute Gasteiger partial charge is 0.306 e. The average Bonchev–Trinajstić information content (AvgIpc) is 3.55. The third kappa shape index (κ3) is 6.38. The number of rotatable bonds is 11. The van der Waals surface area contributed by atoms with Crippen LogP contribution >= 0.6 is 11.6 Å². The van der Waals surface area contributed by atoms with Crippen molar-refractivity contribution in [1.82, 2.24) is 9.80 Å². The molecule has 8 nitrogen and oxygen atoms in total. The number of imide groups is 1. The van der Waals surface area contributed by atoms with Gasteiger partial charge in [-0.15, -0.1) is 0 Å². The summed E-state index contributed by atoms with van der Waals surface area (Å²) in [6, 6.07) is 12.4. The molecule has 3 atom stereocenters. The second-order valence-electron chi connectivity index (χ2n) is 12.7. The number of fused-ring (bicyclic) bond motifs is 2. The van der Waals surface area contributed by atoms with Crippen LogP contribution < -0.4 is 9.47 Å². The highest BCUT2D eigenvalue weighted by Crippen LogP contribution is 2.41. The van der Waals surface area contributed by atoms with Gasteiger partial charge in [-0.25, -0.2) is 0 Å². The van der Waals surface area contributed by atoms with Gasteiger partial charge in [-0.2, -0.15) is 0 Å². The van der Waals surface area contributed by atoms with E-state index in [2.05, 4.69) is 23.1 Å². The summed E-state index contributed by atoms with van der Waals surface area (Å²) < 4.78 is 11.8. The number of carbonyl (C=O) groups excluding carboxylic acids is 2. The summed E-state index contributed by atoms with van der Waals surface area (Å²) in [4.78, 5) is 41.0. The lowest BCUT2D eigenvalue weighted by Crippen LogP contribution is -2.35. The van der Waals surface area contributed by atoms with Gasteiger partial charge in [0, 0.05) is 24.2 Å². The predicted octanol–water partition coefficient (Wildman–Crippen LogP) is 6.06. The summed E-state index contributed by atoms with van der Waals surface area (Å²) in [5.74, 6) is 0.0699. The van der Waals surface area contributed by atoms with Crippen LogP contribution in [-0.4, -0.2) is 59.5 Å². The van der Waals surface area contributed by atoms with Crippen LogP contribution in [0, 0.1) is 23.7 Å². The molecule has 234 valence electrons. The number of halogens is 1. The number of carboxylic acid groups (broad SMARTS) is 1. The minimum atomic E-state index is -0.676. The van der Waals surface area contributed by atoms with Gasteiger partial charge in [0.25, 0.3) is 0 Å². The molecule has 1 N–H and O–H groups in total. The molecular weight excluding hydrogens is 580 g/mol. The standard InChI is InChI=1S/C35H41ClN2O6/c1-43-32-18-23(8-15-31(32)44-17-16-38-33(39)28-4-2-3-5-29(28)34(38)40)21-37(20-22-6-9-24(10-7-22)35(41)42)30-14-11-25-19-26(36)12-13-27(25)30/h2-3,8,12-13,15,18-19,22,24,28-30H,4-7,9-11,14,16-17,20-21H2,1H3,(H,41,42)/t22-,24-,28-,29+,30-/m0/s1.